The predicted molar refractivity (Wildman–Crippen MR) is 88.4 cm³/mol. The maximum atomic E-state index is 13.0. The fourth-order valence-corrected chi connectivity index (χ4v) is 3.76. The van der Waals surface area contributed by atoms with E-state index in [9.17, 15) is 9.59 Å². The third-order valence-corrected chi connectivity index (χ3v) is 4.90. The number of nitrogens with zero attached hydrogens (tertiary/aromatic N) is 2. The molecule has 0 radical (unpaired) electrons. The Kier molecular flexibility index (Phi) is 4.13. The second kappa shape index (κ2) is 5.98. The first kappa shape index (κ1) is 16.6. The topological polar surface area (TPSA) is 71.1 Å². The van der Waals surface area contributed by atoms with Gasteiger partial charge >= 0.3 is 6.03 Å². The third kappa shape index (κ3) is 2.39. The van der Waals surface area contributed by atoms with Crippen molar-refractivity contribution in [1.82, 2.24) is 15.1 Å². The Hall–Kier alpha value is -2.28. The predicted octanol–water partition coefficient (Wildman–Crippen LogP) is 1.04. The molecule has 2 heterocycles. The van der Waals surface area contributed by atoms with Crippen LogP contribution in [0.4, 0.5) is 4.79 Å². The quantitative estimate of drug-likeness (QED) is 0.834. The highest BCUT2D eigenvalue weighted by atomic mass is 16.5. The van der Waals surface area contributed by atoms with E-state index in [0.29, 0.717) is 31.1 Å². The van der Waals surface area contributed by atoms with Gasteiger partial charge in [0, 0.05) is 31.6 Å². The van der Waals surface area contributed by atoms with Crippen molar-refractivity contribution in [3.05, 3.63) is 23.8 Å². The number of amides is 3. The lowest BCUT2D eigenvalue weighted by Gasteiger charge is -2.28. The van der Waals surface area contributed by atoms with Crippen LogP contribution in [-0.2, 0) is 4.79 Å². The number of hydrogen-bond donors (Lipinski definition) is 1. The number of likely N-dealkylation sites (tertiary alicyclic amines) is 1. The van der Waals surface area contributed by atoms with Gasteiger partial charge in [-0.05, 0) is 31.7 Å². The Morgan fingerprint density at radius 2 is 1.83 bits per heavy atom. The van der Waals surface area contributed by atoms with E-state index >= 15 is 0 Å². The third-order valence-electron chi connectivity index (χ3n) is 4.90. The summed E-state index contributed by atoms with van der Waals surface area (Å²) in [5, 5.41) is 2.95. The van der Waals surface area contributed by atoms with Crippen molar-refractivity contribution >= 4 is 11.9 Å². The van der Waals surface area contributed by atoms with Crippen LogP contribution in [0.25, 0.3) is 0 Å². The van der Waals surface area contributed by atoms with E-state index < -0.39 is 5.54 Å². The molecular weight excluding hydrogens is 310 g/mol. The molecule has 24 heavy (non-hydrogen) atoms. The van der Waals surface area contributed by atoms with Gasteiger partial charge in [0.25, 0.3) is 5.91 Å². The number of rotatable bonds is 4. The van der Waals surface area contributed by atoms with Gasteiger partial charge < -0.3 is 19.7 Å². The first-order valence-electron chi connectivity index (χ1n) is 8.00. The van der Waals surface area contributed by atoms with E-state index in [1.54, 1.807) is 27.2 Å². The van der Waals surface area contributed by atoms with Gasteiger partial charge in [-0.3, -0.25) is 9.69 Å². The highest BCUT2D eigenvalue weighted by molar-refractivity contribution is 6.08. The molecule has 3 rings (SSSR count). The number of urea groups is 1. The van der Waals surface area contributed by atoms with E-state index in [0.717, 1.165) is 5.56 Å². The summed E-state index contributed by atoms with van der Waals surface area (Å²) in [5.41, 5.74) is -0.0127. The van der Waals surface area contributed by atoms with Crippen LogP contribution in [-0.4, -0.2) is 68.2 Å². The van der Waals surface area contributed by atoms with Crippen LogP contribution in [0.1, 0.15) is 18.4 Å². The van der Waals surface area contributed by atoms with Gasteiger partial charge in [-0.25, -0.2) is 4.79 Å². The minimum atomic E-state index is -0.931. The molecule has 2 fully saturated rings. The number of carbonyl (C=O) groups excluding carboxylic acids is 2. The molecule has 2 aliphatic heterocycles. The van der Waals surface area contributed by atoms with E-state index in [2.05, 4.69) is 10.2 Å². The van der Waals surface area contributed by atoms with Gasteiger partial charge in [0.15, 0.2) is 0 Å². The summed E-state index contributed by atoms with van der Waals surface area (Å²) >= 11 is 0. The molecular formula is C17H23N3O4. The molecule has 1 aromatic carbocycles. The normalized spacial score (nSPS) is 27.0. The smallest absolute Gasteiger partial charge is 0.325 e. The molecule has 0 aliphatic carbocycles. The first-order valence-corrected chi connectivity index (χ1v) is 8.00. The summed E-state index contributed by atoms with van der Waals surface area (Å²) < 4.78 is 10.7. The van der Waals surface area contributed by atoms with E-state index in [1.165, 1.54) is 4.90 Å². The SMILES string of the molecule is CCN1C(=O)N[C@@]2(CN(C)C[C@H]2c2cc(OC)cc(OC)c2)C1=O. The van der Waals surface area contributed by atoms with Crippen LogP contribution in [0.3, 0.4) is 0 Å². The molecule has 1 aromatic rings. The molecule has 130 valence electrons. The number of likely N-dealkylation sites (N-methyl/N-ethyl adjacent to an activating group) is 2. The van der Waals surface area contributed by atoms with Crippen molar-refractivity contribution in [3.63, 3.8) is 0 Å². The highest BCUT2D eigenvalue weighted by Crippen LogP contribution is 2.41. The highest BCUT2D eigenvalue weighted by Gasteiger charge is 2.59. The Morgan fingerprint density at radius 3 is 2.33 bits per heavy atom. The van der Waals surface area contributed by atoms with Gasteiger partial charge in [-0.1, -0.05) is 0 Å². The fraction of sp³-hybridized carbons (Fsp3) is 0.529. The van der Waals surface area contributed by atoms with Crippen LogP contribution in [0.5, 0.6) is 11.5 Å². The summed E-state index contributed by atoms with van der Waals surface area (Å²) in [6, 6.07) is 5.28. The van der Waals surface area contributed by atoms with E-state index in [1.807, 2.05) is 19.2 Å². The standard InChI is InChI=1S/C17H23N3O4/c1-5-20-15(21)17(18-16(20)22)10-19(2)9-14(17)11-6-12(23-3)8-13(7-11)24-4/h6-8,14H,5,9-10H2,1-4H3,(H,18,22)/t14-,17+/m0/s1. The number of benzene rings is 1. The molecule has 1 spiro atoms. The molecule has 2 atom stereocenters. The monoisotopic (exact) mass is 333 g/mol. The molecule has 3 amide bonds. The molecule has 2 saturated heterocycles. The fourth-order valence-electron chi connectivity index (χ4n) is 3.76. The number of hydrogen-bond acceptors (Lipinski definition) is 5. The zero-order chi connectivity index (χ0) is 17.5. The number of nitrogens with one attached hydrogen (secondary N) is 1. The number of carbonyl (C=O) groups is 2. The number of methoxy groups -OCH3 is 2. The van der Waals surface area contributed by atoms with Crippen LogP contribution in [0.2, 0.25) is 0 Å². The summed E-state index contributed by atoms with van der Waals surface area (Å²) in [4.78, 5) is 28.5. The van der Waals surface area contributed by atoms with Crippen LogP contribution < -0.4 is 14.8 Å². The first-order chi connectivity index (χ1) is 11.4. The molecule has 7 heteroatoms. The molecule has 7 nitrogen and oxygen atoms in total. The Morgan fingerprint density at radius 1 is 1.21 bits per heavy atom. The van der Waals surface area contributed by atoms with Crippen molar-refractivity contribution in [1.29, 1.82) is 0 Å². The maximum absolute atomic E-state index is 13.0. The molecule has 2 aliphatic rings. The van der Waals surface area contributed by atoms with E-state index in [4.69, 9.17) is 9.47 Å². The van der Waals surface area contributed by atoms with Gasteiger partial charge in [0.2, 0.25) is 0 Å². The van der Waals surface area contributed by atoms with Crippen molar-refractivity contribution in [3.8, 4) is 11.5 Å². The zero-order valence-electron chi connectivity index (χ0n) is 14.5. The van der Waals surface area contributed by atoms with E-state index in [-0.39, 0.29) is 17.9 Å². The molecule has 0 unspecified atom stereocenters. The second-order valence-electron chi connectivity index (χ2n) is 6.35. The minimum Gasteiger partial charge on any atom is -0.497 e. The molecule has 1 N–H and O–H groups in total. The van der Waals surface area contributed by atoms with Gasteiger partial charge in [0.05, 0.1) is 14.2 Å². The second-order valence-corrected chi connectivity index (χ2v) is 6.35. The van der Waals surface area contributed by atoms with Crippen molar-refractivity contribution in [2.75, 3.05) is 40.9 Å². The maximum Gasteiger partial charge on any atom is 0.325 e. The van der Waals surface area contributed by atoms with Crippen LogP contribution in [0, 0.1) is 0 Å². The van der Waals surface area contributed by atoms with Crippen molar-refractivity contribution < 1.29 is 19.1 Å². The summed E-state index contributed by atoms with van der Waals surface area (Å²) in [7, 11) is 5.14. The zero-order valence-corrected chi connectivity index (χ0v) is 14.5. The molecule has 0 aromatic heterocycles. The molecule has 0 saturated carbocycles. The number of imide groups is 1. The number of ether oxygens (including phenoxy) is 2. The lowest BCUT2D eigenvalue weighted by atomic mass is 9.81. The summed E-state index contributed by atoms with van der Waals surface area (Å²) in [6.45, 7) is 3.32. The van der Waals surface area contributed by atoms with Crippen molar-refractivity contribution in [2.45, 2.75) is 18.4 Å². The van der Waals surface area contributed by atoms with Crippen LogP contribution in [0.15, 0.2) is 18.2 Å². The van der Waals surface area contributed by atoms with Crippen LogP contribution >= 0.6 is 0 Å². The largest absolute Gasteiger partial charge is 0.497 e. The van der Waals surface area contributed by atoms with Gasteiger partial charge in [-0.15, -0.1) is 0 Å². The Balaban J connectivity index is 2.06. The summed E-state index contributed by atoms with van der Waals surface area (Å²) in [6.07, 6.45) is 0. The summed E-state index contributed by atoms with van der Waals surface area (Å²) in [5.74, 6) is 1.00. The van der Waals surface area contributed by atoms with Gasteiger partial charge in [0.1, 0.15) is 17.0 Å². The lowest BCUT2D eigenvalue weighted by molar-refractivity contribution is -0.131. The average molecular weight is 333 g/mol. The van der Waals surface area contributed by atoms with Crippen molar-refractivity contribution in [2.24, 2.45) is 0 Å². The minimum absolute atomic E-state index is 0.161. The van der Waals surface area contributed by atoms with Gasteiger partial charge in [-0.2, -0.15) is 0 Å². The Bertz CT molecular complexity index is 656. The average Bonchev–Trinajstić information content (AvgIpc) is 3.03. The Labute approximate surface area is 141 Å². The lowest BCUT2D eigenvalue weighted by Crippen LogP contribution is -2.52. The molecule has 0 bridgehead atoms.